The van der Waals surface area contributed by atoms with Crippen molar-refractivity contribution in [1.29, 1.82) is 0 Å². The van der Waals surface area contributed by atoms with Crippen molar-refractivity contribution >= 4 is 23.2 Å². The molecule has 27 heavy (non-hydrogen) atoms. The Kier molecular flexibility index (Phi) is 4.40. The summed E-state index contributed by atoms with van der Waals surface area (Å²) in [6.45, 7) is -0.140. The van der Waals surface area contributed by atoms with Gasteiger partial charge in [-0.15, -0.1) is 0 Å². The van der Waals surface area contributed by atoms with Crippen LogP contribution in [0.2, 0.25) is 0 Å². The van der Waals surface area contributed by atoms with Gasteiger partial charge < -0.3 is 20.1 Å². The van der Waals surface area contributed by atoms with Gasteiger partial charge in [-0.25, -0.2) is 4.98 Å². The third-order valence-corrected chi connectivity index (χ3v) is 3.85. The predicted octanol–water partition coefficient (Wildman–Crippen LogP) is 3.46. The molecule has 2 N–H and O–H groups in total. The molecule has 3 aromatic rings. The zero-order valence-electron chi connectivity index (χ0n) is 14.1. The molecule has 134 valence electrons. The second-order valence-corrected chi connectivity index (χ2v) is 5.77. The van der Waals surface area contributed by atoms with Gasteiger partial charge in [0.2, 0.25) is 5.88 Å². The molecule has 0 saturated carbocycles. The minimum absolute atomic E-state index is 0.140. The molecular formula is C20H15N3O4. The van der Waals surface area contributed by atoms with Crippen molar-refractivity contribution < 1.29 is 19.1 Å². The van der Waals surface area contributed by atoms with Gasteiger partial charge in [0.05, 0.1) is 5.56 Å². The van der Waals surface area contributed by atoms with Crippen LogP contribution >= 0.6 is 0 Å². The highest BCUT2D eigenvalue weighted by Crippen LogP contribution is 2.34. The number of nitrogens with zero attached hydrogens (tertiary/aromatic N) is 1. The van der Waals surface area contributed by atoms with E-state index in [1.807, 2.05) is 18.2 Å². The first-order valence-corrected chi connectivity index (χ1v) is 8.25. The number of carbonyl (C=O) groups excluding carboxylic acids is 2. The Hall–Kier alpha value is -3.87. The fraction of sp³-hybridized carbons (Fsp3) is 0.0500. The number of fused-ring (bicyclic) bond motifs is 2. The molecule has 0 unspecified atom stereocenters. The number of ether oxygens (including phenoxy) is 2. The molecule has 0 radical (unpaired) electrons. The van der Waals surface area contributed by atoms with Crippen molar-refractivity contribution in [3.63, 3.8) is 0 Å². The third-order valence-electron chi connectivity index (χ3n) is 3.85. The Morgan fingerprint density at radius 3 is 2.81 bits per heavy atom. The van der Waals surface area contributed by atoms with Gasteiger partial charge >= 0.3 is 0 Å². The van der Waals surface area contributed by atoms with Crippen molar-refractivity contribution in [3.8, 4) is 17.4 Å². The van der Waals surface area contributed by atoms with Crippen LogP contribution in [0.4, 0.5) is 11.4 Å². The summed E-state index contributed by atoms with van der Waals surface area (Å²) in [7, 11) is 0. The number of aromatic nitrogens is 1. The number of carbonyl (C=O) groups is 2. The van der Waals surface area contributed by atoms with E-state index in [1.165, 1.54) is 0 Å². The predicted molar refractivity (Wildman–Crippen MR) is 99.3 cm³/mol. The van der Waals surface area contributed by atoms with E-state index in [2.05, 4.69) is 15.6 Å². The van der Waals surface area contributed by atoms with Crippen LogP contribution in [-0.2, 0) is 4.79 Å². The van der Waals surface area contributed by atoms with E-state index in [9.17, 15) is 9.59 Å². The number of para-hydroxylation sites is 1. The van der Waals surface area contributed by atoms with E-state index in [0.717, 1.165) is 0 Å². The molecule has 1 aromatic heterocycles. The molecule has 1 aliphatic heterocycles. The van der Waals surface area contributed by atoms with Crippen LogP contribution in [0.3, 0.4) is 0 Å². The summed E-state index contributed by atoms with van der Waals surface area (Å²) >= 11 is 0. The molecule has 2 amide bonds. The van der Waals surface area contributed by atoms with Crippen LogP contribution in [-0.4, -0.2) is 23.4 Å². The van der Waals surface area contributed by atoms with Gasteiger partial charge in [-0.1, -0.05) is 18.2 Å². The molecule has 7 heteroatoms. The number of benzene rings is 2. The maximum atomic E-state index is 12.5. The average molecular weight is 361 g/mol. The first-order chi connectivity index (χ1) is 13.2. The largest absolute Gasteiger partial charge is 0.484 e. The molecule has 7 nitrogen and oxygen atoms in total. The molecule has 1 aliphatic rings. The van der Waals surface area contributed by atoms with Crippen molar-refractivity contribution in [1.82, 2.24) is 4.98 Å². The second kappa shape index (κ2) is 7.17. The number of hydrogen-bond donors (Lipinski definition) is 2. The maximum absolute atomic E-state index is 12.5. The summed E-state index contributed by atoms with van der Waals surface area (Å²) in [6.07, 6.45) is 1.58. The summed E-state index contributed by atoms with van der Waals surface area (Å²) in [6, 6.07) is 17.3. The summed E-state index contributed by atoms with van der Waals surface area (Å²) < 4.78 is 11.1. The number of anilines is 2. The van der Waals surface area contributed by atoms with Gasteiger partial charge in [-0.05, 0) is 42.5 Å². The second-order valence-electron chi connectivity index (χ2n) is 5.77. The van der Waals surface area contributed by atoms with Crippen LogP contribution in [0, 0.1) is 0 Å². The van der Waals surface area contributed by atoms with E-state index >= 15 is 0 Å². The van der Waals surface area contributed by atoms with E-state index in [0.29, 0.717) is 34.3 Å². The molecule has 4 rings (SSSR count). The first-order valence-electron chi connectivity index (χ1n) is 8.25. The fourth-order valence-corrected chi connectivity index (χ4v) is 2.60. The lowest BCUT2D eigenvalue weighted by molar-refractivity contribution is -0.118. The summed E-state index contributed by atoms with van der Waals surface area (Å²) in [5.74, 6) is 0.612. The highest BCUT2D eigenvalue weighted by atomic mass is 16.5. The van der Waals surface area contributed by atoms with Gasteiger partial charge in [0.15, 0.2) is 6.61 Å². The van der Waals surface area contributed by atoms with E-state index in [-0.39, 0.29) is 18.4 Å². The highest BCUT2D eigenvalue weighted by Gasteiger charge is 2.22. The number of nitrogens with one attached hydrogen (secondary N) is 2. The Morgan fingerprint density at radius 2 is 1.96 bits per heavy atom. The van der Waals surface area contributed by atoms with Crippen molar-refractivity contribution in [2.24, 2.45) is 0 Å². The Bertz CT molecular complexity index is 1010. The van der Waals surface area contributed by atoms with Gasteiger partial charge in [0, 0.05) is 11.9 Å². The van der Waals surface area contributed by atoms with Gasteiger partial charge in [0.25, 0.3) is 11.8 Å². The van der Waals surface area contributed by atoms with Crippen LogP contribution in [0.5, 0.6) is 17.4 Å². The van der Waals surface area contributed by atoms with Gasteiger partial charge in [0.1, 0.15) is 17.2 Å². The molecule has 0 saturated heterocycles. The number of pyridine rings is 1. The summed E-state index contributed by atoms with van der Waals surface area (Å²) in [5.41, 5.74) is 1.25. The van der Waals surface area contributed by atoms with Crippen LogP contribution in [0.25, 0.3) is 0 Å². The van der Waals surface area contributed by atoms with Crippen LogP contribution < -0.4 is 20.1 Å². The fourth-order valence-electron chi connectivity index (χ4n) is 2.60. The summed E-state index contributed by atoms with van der Waals surface area (Å²) in [5, 5.41) is 5.45. The summed E-state index contributed by atoms with van der Waals surface area (Å²) in [4.78, 5) is 28.7. The van der Waals surface area contributed by atoms with Crippen LogP contribution in [0.15, 0.2) is 66.9 Å². The lowest BCUT2D eigenvalue weighted by Gasteiger charge is -2.10. The van der Waals surface area contributed by atoms with Crippen molar-refractivity contribution in [2.75, 3.05) is 17.2 Å². The smallest absolute Gasteiger partial charge is 0.262 e. The number of hydrogen-bond acceptors (Lipinski definition) is 5. The topological polar surface area (TPSA) is 89.5 Å². The molecule has 0 fully saturated rings. The van der Waals surface area contributed by atoms with E-state index in [4.69, 9.17) is 9.47 Å². The van der Waals surface area contributed by atoms with Crippen molar-refractivity contribution in [2.45, 2.75) is 0 Å². The van der Waals surface area contributed by atoms with E-state index in [1.54, 1.807) is 48.7 Å². The Balaban J connectivity index is 1.47. The Labute approximate surface area is 155 Å². The van der Waals surface area contributed by atoms with Crippen molar-refractivity contribution in [3.05, 3.63) is 72.4 Å². The Morgan fingerprint density at radius 1 is 1.11 bits per heavy atom. The standard InChI is InChI=1S/C20H15N3O4/c24-18(12-26-14-5-2-1-3-6-14)22-13-8-9-17-15(11-13)19(25)23-16-7-4-10-21-20(16)27-17/h1-11H,12H2,(H,22,24)(H,23,25). The number of amides is 2. The molecule has 0 atom stereocenters. The third kappa shape index (κ3) is 3.72. The van der Waals surface area contributed by atoms with Gasteiger partial charge in [-0.3, -0.25) is 9.59 Å². The molecule has 0 aliphatic carbocycles. The molecule has 2 aromatic carbocycles. The lowest BCUT2D eigenvalue weighted by atomic mass is 10.1. The minimum Gasteiger partial charge on any atom is -0.484 e. The molecular weight excluding hydrogens is 346 g/mol. The average Bonchev–Trinajstić information content (AvgIpc) is 2.83. The highest BCUT2D eigenvalue weighted by molar-refractivity contribution is 6.08. The van der Waals surface area contributed by atoms with Gasteiger partial charge in [-0.2, -0.15) is 0 Å². The monoisotopic (exact) mass is 361 g/mol. The molecule has 0 spiro atoms. The minimum atomic E-state index is -0.339. The quantitative estimate of drug-likeness (QED) is 0.743. The van der Waals surface area contributed by atoms with Crippen LogP contribution in [0.1, 0.15) is 10.4 Å². The SMILES string of the molecule is O=C(COc1ccccc1)Nc1ccc2c(c1)C(=O)Nc1cccnc1O2. The normalized spacial score (nSPS) is 11.9. The molecule has 0 bridgehead atoms. The zero-order valence-corrected chi connectivity index (χ0v) is 14.1. The molecule has 2 heterocycles. The maximum Gasteiger partial charge on any atom is 0.262 e. The van der Waals surface area contributed by atoms with E-state index < -0.39 is 0 Å². The number of rotatable bonds is 4. The first kappa shape index (κ1) is 16.6. The lowest BCUT2D eigenvalue weighted by Crippen LogP contribution is -2.20. The zero-order chi connectivity index (χ0) is 18.6.